The van der Waals surface area contributed by atoms with Crippen LogP contribution in [-0.2, 0) is 11.2 Å². The third kappa shape index (κ3) is 4.34. The van der Waals surface area contributed by atoms with E-state index >= 15 is 0 Å². The molecule has 1 aromatic carbocycles. The number of carbonyl (C=O) groups excluding carboxylic acids is 1. The first-order valence-corrected chi connectivity index (χ1v) is 8.21. The van der Waals surface area contributed by atoms with Gasteiger partial charge in [0.1, 0.15) is 11.9 Å². The average molecular weight is 344 g/mol. The fraction of sp³-hybridized carbons (Fsp3) is 0.412. The van der Waals surface area contributed by atoms with Crippen LogP contribution >= 0.6 is 0 Å². The van der Waals surface area contributed by atoms with Crippen molar-refractivity contribution in [1.29, 1.82) is 0 Å². The Balaban J connectivity index is 1.48. The molecule has 8 heteroatoms. The fourth-order valence-electron chi connectivity index (χ4n) is 2.89. The number of amides is 1. The van der Waals surface area contributed by atoms with Crippen LogP contribution in [0.15, 0.2) is 30.3 Å². The van der Waals surface area contributed by atoms with Gasteiger partial charge in [-0.25, -0.2) is 0 Å². The molecule has 1 aromatic heterocycles. The number of aryl methyl sites for hydroxylation is 1. The number of benzene rings is 1. The van der Waals surface area contributed by atoms with E-state index in [0.29, 0.717) is 25.3 Å². The van der Waals surface area contributed by atoms with Crippen molar-refractivity contribution in [3.8, 4) is 5.75 Å². The number of aromatic amines is 1. The number of carbonyl (C=O) groups is 1. The largest absolute Gasteiger partial charge is 0.490 e. The maximum absolute atomic E-state index is 12.3. The molecule has 132 valence electrons. The van der Waals surface area contributed by atoms with E-state index in [1.54, 1.807) is 12.1 Å². The number of aromatic nitrogens is 2. The molecule has 1 N–H and O–H groups in total. The first-order valence-electron chi connectivity index (χ1n) is 8.21. The minimum absolute atomic E-state index is 0.0122. The van der Waals surface area contributed by atoms with Crippen molar-refractivity contribution in [3.05, 3.63) is 51.8 Å². The predicted molar refractivity (Wildman–Crippen MR) is 90.4 cm³/mol. The molecular weight excluding hydrogens is 324 g/mol. The summed E-state index contributed by atoms with van der Waals surface area (Å²) in [6.07, 6.45) is 1.79. The third-order valence-electron chi connectivity index (χ3n) is 4.24. The zero-order valence-electron chi connectivity index (χ0n) is 14.0. The molecule has 1 aliphatic rings. The highest BCUT2D eigenvalue weighted by Crippen LogP contribution is 2.22. The minimum atomic E-state index is -0.436. The lowest BCUT2D eigenvalue weighted by atomic mass is 10.1. The number of nitro benzene ring substituents is 1. The highest BCUT2D eigenvalue weighted by atomic mass is 16.6. The van der Waals surface area contributed by atoms with Crippen LogP contribution in [0.25, 0.3) is 0 Å². The molecule has 0 saturated carbocycles. The van der Waals surface area contributed by atoms with Gasteiger partial charge in [-0.1, -0.05) is 0 Å². The first-order chi connectivity index (χ1) is 12.0. The average Bonchev–Trinajstić information content (AvgIpc) is 3.01. The number of piperidine rings is 1. The molecule has 1 fully saturated rings. The van der Waals surface area contributed by atoms with Crippen molar-refractivity contribution >= 4 is 11.6 Å². The van der Waals surface area contributed by atoms with Crippen LogP contribution in [0.3, 0.4) is 0 Å². The van der Waals surface area contributed by atoms with Gasteiger partial charge in [-0.2, -0.15) is 5.10 Å². The molecule has 1 amide bonds. The quantitative estimate of drug-likeness (QED) is 0.662. The lowest BCUT2D eigenvalue weighted by Gasteiger charge is -2.32. The minimum Gasteiger partial charge on any atom is -0.490 e. The van der Waals surface area contributed by atoms with Gasteiger partial charge in [0.05, 0.1) is 17.0 Å². The van der Waals surface area contributed by atoms with E-state index in [1.807, 2.05) is 17.9 Å². The summed E-state index contributed by atoms with van der Waals surface area (Å²) in [5.41, 5.74) is 1.74. The fourth-order valence-corrected chi connectivity index (χ4v) is 2.89. The zero-order valence-corrected chi connectivity index (χ0v) is 14.0. The molecule has 0 aliphatic carbocycles. The molecule has 0 atom stereocenters. The smallest absolute Gasteiger partial charge is 0.269 e. The van der Waals surface area contributed by atoms with Gasteiger partial charge in [0.2, 0.25) is 5.91 Å². The van der Waals surface area contributed by atoms with E-state index in [-0.39, 0.29) is 17.7 Å². The number of rotatable bonds is 5. The Morgan fingerprint density at radius 2 is 2.04 bits per heavy atom. The number of likely N-dealkylation sites (tertiary alicyclic amines) is 1. The number of H-pyrrole nitrogens is 1. The van der Waals surface area contributed by atoms with Crippen LogP contribution in [0.4, 0.5) is 5.69 Å². The number of nitrogens with zero attached hydrogens (tertiary/aromatic N) is 3. The molecule has 3 rings (SSSR count). The van der Waals surface area contributed by atoms with E-state index in [0.717, 1.165) is 24.2 Å². The van der Waals surface area contributed by atoms with Crippen LogP contribution in [0.5, 0.6) is 5.75 Å². The SMILES string of the molecule is Cc1cc(CC(=O)N2CCC(Oc3ccc([N+](=O)[O-])cc3)CC2)n[nH]1. The van der Waals surface area contributed by atoms with Gasteiger partial charge in [0.15, 0.2) is 0 Å². The Labute approximate surface area is 144 Å². The van der Waals surface area contributed by atoms with Crippen LogP contribution in [-0.4, -0.2) is 45.1 Å². The summed E-state index contributed by atoms with van der Waals surface area (Å²) in [6, 6.07) is 7.95. The van der Waals surface area contributed by atoms with Gasteiger partial charge in [-0.3, -0.25) is 20.0 Å². The predicted octanol–water partition coefficient (Wildman–Crippen LogP) is 2.24. The topological polar surface area (TPSA) is 101 Å². The van der Waals surface area contributed by atoms with E-state index in [9.17, 15) is 14.9 Å². The summed E-state index contributed by atoms with van der Waals surface area (Å²) < 4.78 is 5.86. The van der Waals surface area contributed by atoms with Gasteiger partial charge in [0, 0.05) is 43.8 Å². The van der Waals surface area contributed by atoms with Crippen molar-refractivity contribution in [1.82, 2.24) is 15.1 Å². The van der Waals surface area contributed by atoms with E-state index in [2.05, 4.69) is 10.2 Å². The Hall–Kier alpha value is -2.90. The molecular formula is C17H20N4O4. The number of ether oxygens (including phenoxy) is 1. The molecule has 25 heavy (non-hydrogen) atoms. The summed E-state index contributed by atoms with van der Waals surface area (Å²) in [6.45, 7) is 3.18. The number of nitro groups is 1. The van der Waals surface area contributed by atoms with Gasteiger partial charge in [-0.15, -0.1) is 0 Å². The Bertz CT molecular complexity index is 748. The van der Waals surface area contributed by atoms with Crippen LogP contribution < -0.4 is 4.74 Å². The molecule has 1 aliphatic heterocycles. The molecule has 2 heterocycles. The van der Waals surface area contributed by atoms with Crippen molar-refractivity contribution in [3.63, 3.8) is 0 Å². The Morgan fingerprint density at radius 1 is 1.36 bits per heavy atom. The standard InChI is InChI=1S/C17H20N4O4/c1-12-10-13(19-18-12)11-17(22)20-8-6-16(7-9-20)25-15-4-2-14(3-5-15)21(23)24/h2-5,10,16H,6-9,11H2,1H3,(H,18,19). The van der Waals surface area contributed by atoms with Crippen LogP contribution in [0, 0.1) is 17.0 Å². The molecule has 2 aromatic rings. The van der Waals surface area contributed by atoms with Crippen molar-refractivity contribution in [2.24, 2.45) is 0 Å². The molecule has 0 bridgehead atoms. The van der Waals surface area contributed by atoms with Crippen molar-refractivity contribution < 1.29 is 14.5 Å². The van der Waals surface area contributed by atoms with Crippen molar-refractivity contribution in [2.75, 3.05) is 13.1 Å². The van der Waals surface area contributed by atoms with Crippen LogP contribution in [0.1, 0.15) is 24.2 Å². The van der Waals surface area contributed by atoms with Gasteiger partial charge >= 0.3 is 0 Å². The maximum Gasteiger partial charge on any atom is 0.269 e. The van der Waals surface area contributed by atoms with Crippen LogP contribution in [0.2, 0.25) is 0 Å². The normalized spacial score (nSPS) is 15.2. The van der Waals surface area contributed by atoms with E-state index < -0.39 is 4.92 Å². The molecule has 0 radical (unpaired) electrons. The second-order valence-corrected chi connectivity index (χ2v) is 6.17. The highest BCUT2D eigenvalue weighted by molar-refractivity contribution is 5.78. The second-order valence-electron chi connectivity index (χ2n) is 6.17. The zero-order chi connectivity index (χ0) is 17.8. The summed E-state index contributed by atoms with van der Waals surface area (Å²) >= 11 is 0. The highest BCUT2D eigenvalue weighted by Gasteiger charge is 2.24. The monoisotopic (exact) mass is 344 g/mol. The summed E-state index contributed by atoms with van der Waals surface area (Å²) in [7, 11) is 0. The van der Waals surface area contributed by atoms with E-state index in [1.165, 1.54) is 12.1 Å². The summed E-state index contributed by atoms with van der Waals surface area (Å²) in [4.78, 5) is 24.4. The van der Waals surface area contributed by atoms with Gasteiger partial charge in [0.25, 0.3) is 5.69 Å². The van der Waals surface area contributed by atoms with Gasteiger partial charge in [-0.05, 0) is 25.1 Å². The summed E-state index contributed by atoms with van der Waals surface area (Å²) in [5, 5.41) is 17.6. The second kappa shape index (κ2) is 7.33. The Morgan fingerprint density at radius 3 is 2.60 bits per heavy atom. The lowest BCUT2D eigenvalue weighted by molar-refractivity contribution is -0.384. The lowest BCUT2D eigenvalue weighted by Crippen LogP contribution is -2.42. The number of non-ortho nitro benzene ring substituents is 1. The Kier molecular flexibility index (Phi) is 4.97. The molecule has 1 saturated heterocycles. The number of hydrogen-bond acceptors (Lipinski definition) is 5. The first kappa shape index (κ1) is 16.9. The van der Waals surface area contributed by atoms with Crippen molar-refractivity contribution in [2.45, 2.75) is 32.3 Å². The molecule has 0 unspecified atom stereocenters. The van der Waals surface area contributed by atoms with E-state index in [4.69, 9.17) is 4.74 Å². The molecule has 8 nitrogen and oxygen atoms in total. The number of hydrogen-bond donors (Lipinski definition) is 1. The molecule has 0 spiro atoms. The number of nitrogens with one attached hydrogen (secondary N) is 1. The summed E-state index contributed by atoms with van der Waals surface area (Å²) in [5.74, 6) is 0.683. The maximum atomic E-state index is 12.3. The van der Waals surface area contributed by atoms with Gasteiger partial charge < -0.3 is 9.64 Å². The third-order valence-corrected chi connectivity index (χ3v) is 4.24.